The molecule has 0 aliphatic heterocycles. The number of para-hydroxylation sites is 1. The third-order valence-electron chi connectivity index (χ3n) is 3.54. The number of aromatic nitrogens is 2. The van der Waals surface area contributed by atoms with Gasteiger partial charge in [-0.3, -0.25) is 4.79 Å². The lowest BCUT2D eigenvalue weighted by Gasteiger charge is -2.07. The van der Waals surface area contributed by atoms with Gasteiger partial charge in [-0.25, -0.2) is 0 Å². The number of halogens is 1. The Bertz CT molecular complexity index is 838. The van der Waals surface area contributed by atoms with E-state index in [9.17, 15) is 4.79 Å². The Kier molecular flexibility index (Phi) is 5.59. The van der Waals surface area contributed by atoms with Crippen molar-refractivity contribution in [3.05, 3.63) is 83.0 Å². The van der Waals surface area contributed by atoms with E-state index in [2.05, 4.69) is 20.8 Å². The molecule has 1 heterocycles. The summed E-state index contributed by atoms with van der Waals surface area (Å²) in [6, 6.07) is 20.4. The molecule has 0 aliphatic carbocycles. The Balaban J connectivity index is 1.52. The fourth-order valence-electron chi connectivity index (χ4n) is 2.29. The summed E-state index contributed by atoms with van der Waals surface area (Å²) in [5.74, 6) is 0.336. The van der Waals surface area contributed by atoms with Crippen LogP contribution in [0.4, 0.5) is 11.5 Å². The number of nitrogens with one attached hydrogen (secondary N) is 2. The predicted octanol–water partition coefficient (Wildman–Crippen LogP) is 4.04. The number of carbonyl (C=O) groups excluding carboxylic acids is 1. The van der Waals surface area contributed by atoms with Gasteiger partial charge in [0.05, 0.1) is 0 Å². The molecule has 0 saturated heterocycles. The van der Waals surface area contributed by atoms with E-state index >= 15 is 0 Å². The summed E-state index contributed by atoms with van der Waals surface area (Å²) >= 11 is 5.97. The molecule has 6 heteroatoms. The largest absolute Gasteiger partial charge is 0.368 e. The van der Waals surface area contributed by atoms with Gasteiger partial charge < -0.3 is 10.6 Å². The molecule has 0 atom stereocenters. The maximum absolute atomic E-state index is 12.1. The van der Waals surface area contributed by atoms with Gasteiger partial charge in [-0.05, 0) is 48.4 Å². The summed E-state index contributed by atoms with van der Waals surface area (Å²) in [6.07, 6.45) is 0.818. The van der Waals surface area contributed by atoms with E-state index in [1.807, 2.05) is 54.6 Å². The van der Waals surface area contributed by atoms with Crippen LogP contribution in [-0.2, 0) is 6.42 Å². The summed E-state index contributed by atoms with van der Waals surface area (Å²) in [7, 11) is 0. The summed E-state index contributed by atoms with van der Waals surface area (Å²) in [6.45, 7) is 0.699. The third kappa shape index (κ3) is 5.02. The van der Waals surface area contributed by atoms with Crippen molar-refractivity contribution in [1.29, 1.82) is 0 Å². The number of hydrogen-bond donors (Lipinski definition) is 2. The van der Waals surface area contributed by atoms with E-state index in [1.54, 1.807) is 12.1 Å². The smallest absolute Gasteiger partial charge is 0.276 e. The van der Waals surface area contributed by atoms with Gasteiger partial charge in [0.1, 0.15) is 5.82 Å². The van der Waals surface area contributed by atoms with Gasteiger partial charge in [-0.2, -0.15) is 0 Å². The number of carbonyl (C=O) groups is 1. The van der Waals surface area contributed by atoms with Crippen LogP contribution in [0, 0.1) is 0 Å². The van der Waals surface area contributed by atoms with Crippen molar-refractivity contribution >= 4 is 29.0 Å². The molecular weight excluding hydrogens is 336 g/mol. The molecule has 0 spiro atoms. The molecule has 1 aromatic heterocycles. The van der Waals surface area contributed by atoms with Gasteiger partial charge in [0.15, 0.2) is 5.69 Å². The van der Waals surface area contributed by atoms with Crippen LogP contribution < -0.4 is 10.6 Å². The van der Waals surface area contributed by atoms with Gasteiger partial charge in [0, 0.05) is 17.3 Å². The lowest BCUT2D eigenvalue weighted by Crippen LogP contribution is -2.15. The zero-order valence-electron chi connectivity index (χ0n) is 13.4. The van der Waals surface area contributed by atoms with E-state index in [1.165, 1.54) is 0 Å². The molecule has 25 heavy (non-hydrogen) atoms. The number of benzene rings is 2. The molecule has 0 saturated carbocycles. The second-order valence-corrected chi connectivity index (χ2v) is 5.87. The maximum Gasteiger partial charge on any atom is 0.276 e. The zero-order chi connectivity index (χ0) is 17.5. The molecule has 2 aromatic carbocycles. The fraction of sp³-hybridized carbons (Fsp3) is 0.105. The lowest BCUT2D eigenvalue weighted by molar-refractivity contribution is 0.102. The van der Waals surface area contributed by atoms with Crippen LogP contribution in [0.25, 0.3) is 0 Å². The van der Waals surface area contributed by atoms with Crippen LogP contribution in [0.15, 0.2) is 66.7 Å². The van der Waals surface area contributed by atoms with Crippen molar-refractivity contribution in [1.82, 2.24) is 10.2 Å². The number of rotatable bonds is 6. The van der Waals surface area contributed by atoms with Crippen molar-refractivity contribution < 1.29 is 4.79 Å². The second kappa shape index (κ2) is 8.26. The number of amides is 1. The van der Waals surface area contributed by atoms with Crippen molar-refractivity contribution in [3.63, 3.8) is 0 Å². The summed E-state index contributed by atoms with van der Waals surface area (Å²) in [5.41, 5.74) is 2.13. The highest BCUT2D eigenvalue weighted by atomic mass is 35.5. The van der Waals surface area contributed by atoms with Crippen LogP contribution in [0.2, 0.25) is 5.02 Å². The van der Waals surface area contributed by atoms with Gasteiger partial charge in [-0.15, -0.1) is 10.2 Å². The zero-order valence-corrected chi connectivity index (χ0v) is 14.2. The topological polar surface area (TPSA) is 66.9 Å². The van der Waals surface area contributed by atoms with Crippen molar-refractivity contribution in [2.75, 3.05) is 17.2 Å². The number of hydrogen-bond acceptors (Lipinski definition) is 4. The molecule has 0 aliphatic rings. The Labute approximate surface area is 151 Å². The van der Waals surface area contributed by atoms with Crippen molar-refractivity contribution in [2.24, 2.45) is 0 Å². The maximum atomic E-state index is 12.1. The molecule has 0 bridgehead atoms. The molecule has 0 unspecified atom stereocenters. The van der Waals surface area contributed by atoms with Crippen LogP contribution in [0.1, 0.15) is 16.1 Å². The van der Waals surface area contributed by atoms with Crippen molar-refractivity contribution in [3.8, 4) is 0 Å². The first-order valence-electron chi connectivity index (χ1n) is 7.89. The average molecular weight is 353 g/mol. The van der Waals surface area contributed by atoms with Gasteiger partial charge in [0.25, 0.3) is 5.91 Å². The highest BCUT2D eigenvalue weighted by molar-refractivity contribution is 6.30. The highest BCUT2D eigenvalue weighted by Crippen LogP contribution is 2.12. The van der Waals surface area contributed by atoms with E-state index in [0.717, 1.165) is 22.7 Å². The third-order valence-corrected chi connectivity index (χ3v) is 3.77. The summed E-state index contributed by atoms with van der Waals surface area (Å²) in [5, 5.41) is 14.7. The Morgan fingerprint density at radius 2 is 1.80 bits per heavy atom. The minimum atomic E-state index is -0.288. The van der Waals surface area contributed by atoms with E-state index < -0.39 is 0 Å². The first-order chi connectivity index (χ1) is 12.2. The monoisotopic (exact) mass is 352 g/mol. The first kappa shape index (κ1) is 16.9. The van der Waals surface area contributed by atoms with E-state index in [4.69, 9.17) is 11.6 Å². The van der Waals surface area contributed by atoms with Crippen molar-refractivity contribution in [2.45, 2.75) is 6.42 Å². The lowest BCUT2D eigenvalue weighted by atomic mass is 10.1. The molecule has 2 N–H and O–H groups in total. The van der Waals surface area contributed by atoms with E-state index in [0.29, 0.717) is 12.4 Å². The standard InChI is InChI=1S/C19H17ClN4O/c20-15-6-4-5-14(13-15)11-12-21-18-10-9-17(23-24-18)19(25)22-16-7-2-1-3-8-16/h1-10,13H,11-12H2,(H,21,24)(H,22,25). The summed E-state index contributed by atoms with van der Waals surface area (Å²) in [4.78, 5) is 12.1. The Morgan fingerprint density at radius 3 is 2.52 bits per heavy atom. The number of nitrogens with zero attached hydrogens (tertiary/aromatic N) is 2. The van der Waals surface area contributed by atoms with Gasteiger partial charge in [-0.1, -0.05) is 41.9 Å². The molecule has 126 valence electrons. The van der Waals surface area contributed by atoms with Crippen LogP contribution >= 0.6 is 11.6 Å². The average Bonchev–Trinajstić information content (AvgIpc) is 2.63. The minimum absolute atomic E-state index is 0.268. The van der Waals surface area contributed by atoms with Crippen LogP contribution in [-0.4, -0.2) is 22.6 Å². The molecule has 0 radical (unpaired) electrons. The predicted molar refractivity (Wildman–Crippen MR) is 100 cm³/mol. The molecular formula is C19H17ClN4O. The van der Waals surface area contributed by atoms with E-state index in [-0.39, 0.29) is 11.6 Å². The Hall–Kier alpha value is -2.92. The quantitative estimate of drug-likeness (QED) is 0.702. The molecule has 5 nitrogen and oxygen atoms in total. The molecule has 3 aromatic rings. The molecule has 3 rings (SSSR count). The molecule has 1 amide bonds. The SMILES string of the molecule is O=C(Nc1ccccc1)c1ccc(NCCc2cccc(Cl)c2)nn1. The fourth-order valence-corrected chi connectivity index (χ4v) is 2.50. The van der Waals surface area contributed by atoms with Gasteiger partial charge in [0.2, 0.25) is 0 Å². The normalized spacial score (nSPS) is 10.3. The van der Waals surface area contributed by atoms with Crippen LogP contribution in [0.5, 0.6) is 0 Å². The minimum Gasteiger partial charge on any atom is -0.368 e. The highest BCUT2D eigenvalue weighted by Gasteiger charge is 2.08. The summed E-state index contributed by atoms with van der Waals surface area (Å²) < 4.78 is 0. The number of anilines is 2. The molecule has 0 fully saturated rings. The first-order valence-corrected chi connectivity index (χ1v) is 8.27. The Morgan fingerprint density at radius 1 is 0.960 bits per heavy atom. The van der Waals surface area contributed by atoms with Crippen LogP contribution in [0.3, 0.4) is 0 Å². The van der Waals surface area contributed by atoms with Gasteiger partial charge >= 0.3 is 0 Å². The second-order valence-electron chi connectivity index (χ2n) is 5.43.